The van der Waals surface area contributed by atoms with Crippen LogP contribution in [-0.2, 0) is 27.1 Å². The lowest BCUT2D eigenvalue weighted by atomic mass is 10.1. The number of aromatic amines is 4. The van der Waals surface area contributed by atoms with Gasteiger partial charge in [0.05, 0.1) is 25.5 Å². The summed E-state index contributed by atoms with van der Waals surface area (Å²) < 4.78 is 14.5. The molecular formula is C47H48N4O9. The average Bonchev–Trinajstić information content (AvgIpc) is 4.12. The van der Waals surface area contributed by atoms with E-state index in [4.69, 9.17) is 19.3 Å². The van der Waals surface area contributed by atoms with Crippen molar-refractivity contribution in [2.75, 3.05) is 19.8 Å². The maximum absolute atomic E-state index is 12.1. The second-order valence-electron chi connectivity index (χ2n) is 12.7. The minimum Gasteiger partial charge on any atom is -0.477 e. The lowest BCUT2D eigenvalue weighted by Crippen LogP contribution is -2.07. The van der Waals surface area contributed by atoms with Gasteiger partial charge in [-0.15, -0.1) is 0 Å². The van der Waals surface area contributed by atoms with Gasteiger partial charge in [-0.2, -0.15) is 0 Å². The molecule has 3 aromatic carbocycles. The molecule has 7 aromatic rings. The summed E-state index contributed by atoms with van der Waals surface area (Å²) in [5, 5.41) is 8.73. The Morgan fingerprint density at radius 2 is 0.867 bits per heavy atom. The first-order valence-electron chi connectivity index (χ1n) is 19.2. The van der Waals surface area contributed by atoms with Gasteiger partial charge in [-0.25, -0.2) is 19.2 Å². The molecule has 60 heavy (non-hydrogen) atoms. The first-order valence-corrected chi connectivity index (χ1v) is 19.2. The van der Waals surface area contributed by atoms with Crippen molar-refractivity contribution < 1.29 is 43.3 Å². The molecule has 0 atom stereocenters. The molecular weight excluding hydrogens is 765 g/mol. The summed E-state index contributed by atoms with van der Waals surface area (Å²) in [5.74, 6) is -2.12. The van der Waals surface area contributed by atoms with Crippen molar-refractivity contribution in [3.05, 3.63) is 202 Å². The minimum absolute atomic E-state index is 0.147. The Hall–Kier alpha value is -7.67. The van der Waals surface area contributed by atoms with Crippen LogP contribution < -0.4 is 0 Å². The van der Waals surface area contributed by atoms with Gasteiger partial charge in [-0.05, 0) is 80.4 Å². The van der Waals surface area contributed by atoms with Crippen molar-refractivity contribution in [3.63, 3.8) is 0 Å². The normalized spacial score (nSPS) is 9.98. The number of rotatable bonds is 13. The smallest absolute Gasteiger partial charge is 0.354 e. The third kappa shape index (κ3) is 14.7. The molecule has 0 unspecified atom stereocenters. The van der Waals surface area contributed by atoms with Crippen LogP contribution in [-0.4, -0.2) is 74.5 Å². The first-order chi connectivity index (χ1) is 29.1. The Labute approximate surface area is 347 Å². The van der Waals surface area contributed by atoms with E-state index >= 15 is 0 Å². The first kappa shape index (κ1) is 45.0. The number of carbonyl (C=O) groups is 5. The van der Waals surface area contributed by atoms with E-state index in [1.54, 1.807) is 93.7 Å². The van der Waals surface area contributed by atoms with E-state index in [0.717, 1.165) is 29.8 Å². The number of carboxylic acid groups (broad SMARTS) is 1. The summed E-state index contributed by atoms with van der Waals surface area (Å²) in [6, 6.07) is 42.6. The number of hydrogen-bond donors (Lipinski definition) is 5. The highest BCUT2D eigenvalue weighted by Gasteiger charge is 2.15. The van der Waals surface area contributed by atoms with Gasteiger partial charge < -0.3 is 39.3 Å². The molecule has 0 radical (unpaired) electrons. The van der Waals surface area contributed by atoms with E-state index in [9.17, 15) is 24.0 Å². The van der Waals surface area contributed by atoms with Crippen LogP contribution in [0, 0.1) is 0 Å². The number of esters is 3. The number of nitrogens with one attached hydrogen (secondary N) is 4. The number of carbonyl (C=O) groups excluding carboxylic acids is 4. The molecule has 0 spiro atoms. The molecule has 0 amide bonds. The quantitative estimate of drug-likeness (QED) is 0.0430. The lowest BCUT2D eigenvalue weighted by Gasteiger charge is -2.00. The maximum atomic E-state index is 12.1. The maximum Gasteiger partial charge on any atom is 0.354 e. The van der Waals surface area contributed by atoms with Crippen molar-refractivity contribution in [2.45, 2.75) is 33.6 Å². The molecule has 0 saturated carbocycles. The van der Waals surface area contributed by atoms with Crippen LogP contribution in [0.3, 0.4) is 0 Å². The summed E-state index contributed by atoms with van der Waals surface area (Å²) in [6.07, 6.45) is 3.21. The molecule has 13 heteroatoms. The number of ether oxygens (including phenoxy) is 3. The molecule has 0 fully saturated rings. The SMILES string of the molecule is CCOC(=O)c1ccc(C(=O)c2ccccc2)[nH]1.CCOC(=O)c1ccc(Cc2ccccc2)[nH]1.CCOC(=O)c1ccc[nH]1.O=C(O)c1ccc(Cc2ccccc2)[nH]1. The van der Waals surface area contributed by atoms with Crippen LogP contribution in [0.15, 0.2) is 146 Å². The lowest BCUT2D eigenvalue weighted by molar-refractivity contribution is 0.0510. The molecule has 0 aliphatic rings. The summed E-state index contributed by atoms with van der Waals surface area (Å²) in [7, 11) is 0. The molecule has 0 saturated heterocycles. The van der Waals surface area contributed by atoms with Gasteiger partial charge in [0.15, 0.2) is 0 Å². The zero-order chi connectivity index (χ0) is 43.1. The molecule has 4 aromatic heterocycles. The van der Waals surface area contributed by atoms with Crippen molar-refractivity contribution in [2.24, 2.45) is 0 Å². The Morgan fingerprint density at radius 3 is 1.32 bits per heavy atom. The van der Waals surface area contributed by atoms with Gasteiger partial charge >= 0.3 is 23.9 Å². The van der Waals surface area contributed by atoms with Crippen LogP contribution in [0.25, 0.3) is 0 Å². The zero-order valence-electron chi connectivity index (χ0n) is 33.6. The third-order valence-electron chi connectivity index (χ3n) is 8.25. The topological polar surface area (TPSA) is 196 Å². The van der Waals surface area contributed by atoms with E-state index in [1.165, 1.54) is 5.56 Å². The highest BCUT2D eigenvalue weighted by molar-refractivity contribution is 6.08. The van der Waals surface area contributed by atoms with Crippen molar-refractivity contribution in [1.82, 2.24) is 19.9 Å². The number of carboxylic acids is 1. The van der Waals surface area contributed by atoms with E-state index < -0.39 is 11.9 Å². The fraction of sp³-hybridized carbons (Fsp3) is 0.170. The molecule has 5 N–H and O–H groups in total. The number of aromatic nitrogens is 4. The molecule has 13 nitrogen and oxygen atoms in total. The van der Waals surface area contributed by atoms with Crippen molar-refractivity contribution in [1.29, 1.82) is 0 Å². The van der Waals surface area contributed by atoms with Gasteiger partial charge in [0.25, 0.3) is 0 Å². The highest BCUT2D eigenvalue weighted by Crippen LogP contribution is 2.12. The molecule has 4 heterocycles. The van der Waals surface area contributed by atoms with Crippen molar-refractivity contribution >= 4 is 29.7 Å². The Kier molecular flexibility index (Phi) is 18.2. The monoisotopic (exact) mass is 812 g/mol. The molecule has 7 rings (SSSR count). The molecule has 0 aliphatic heterocycles. The van der Waals surface area contributed by atoms with Crippen LogP contribution >= 0.6 is 0 Å². The number of H-pyrrole nitrogens is 4. The van der Waals surface area contributed by atoms with Gasteiger partial charge in [0.2, 0.25) is 5.78 Å². The second kappa shape index (κ2) is 24.2. The second-order valence-corrected chi connectivity index (χ2v) is 12.7. The number of benzene rings is 3. The van der Waals surface area contributed by atoms with Crippen LogP contribution in [0.1, 0.15) is 101 Å². The number of ketones is 1. The molecule has 310 valence electrons. The Balaban J connectivity index is 0.000000180. The summed E-state index contributed by atoms with van der Waals surface area (Å²) in [4.78, 5) is 67.9. The Bertz CT molecular complexity index is 2360. The van der Waals surface area contributed by atoms with Crippen molar-refractivity contribution in [3.8, 4) is 0 Å². The van der Waals surface area contributed by atoms with E-state index in [0.29, 0.717) is 42.5 Å². The average molecular weight is 813 g/mol. The largest absolute Gasteiger partial charge is 0.477 e. The standard InChI is InChI=1S/C14H13NO3.C14H15NO2.C12H11NO2.C7H9NO2/c1-2-18-14(17)12-9-8-11(15-12)13(16)10-6-4-3-5-7-10;1-2-17-14(16)13-9-8-12(15-13)10-11-6-4-3-5-7-11;14-12(15)11-7-6-10(13-11)8-9-4-2-1-3-5-9;1-2-10-7(9)6-4-3-5-8-6/h3-9,15H,2H2,1H3;3-9,15H,2,10H2,1H3;1-7,13H,8H2,(H,14,15);3-5,8H,2H2,1H3. The predicted octanol–water partition coefficient (Wildman–Crippen LogP) is 8.70. The summed E-state index contributed by atoms with van der Waals surface area (Å²) in [5.41, 5.74) is 6.80. The van der Waals surface area contributed by atoms with Crippen LogP contribution in [0.2, 0.25) is 0 Å². The van der Waals surface area contributed by atoms with Gasteiger partial charge in [-0.1, -0.05) is 91.0 Å². The predicted molar refractivity (Wildman–Crippen MR) is 226 cm³/mol. The van der Waals surface area contributed by atoms with Crippen LogP contribution in [0.5, 0.6) is 0 Å². The minimum atomic E-state index is -0.922. The van der Waals surface area contributed by atoms with Gasteiger partial charge in [0, 0.05) is 36.0 Å². The van der Waals surface area contributed by atoms with Crippen LogP contribution in [0.4, 0.5) is 0 Å². The summed E-state index contributed by atoms with van der Waals surface area (Å²) >= 11 is 0. The fourth-order valence-corrected chi connectivity index (χ4v) is 5.44. The number of aromatic carboxylic acids is 1. The molecule has 0 aliphatic carbocycles. The van der Waals surface area contributed by atoms with E-state index in [1.807, 2.05) is 60.7 Å². The van der Waals surface area contributed by atoms with E-state index in [2.05, 4.69) is 32.1 Å². The zero-order valence-corrected chi connectivity index (χ0v) is 33.6. The van der Waals surface area contributed by atoms with Gasteiger partial charge in [0.1, 0.15) is 22.8 Å². The third-order valence-corrected chi connectivity index (χ3v) is 8.25. The fourth-order valence-electron chi connectivity index (χ4n) is 5.44. The molecule has 0 bridgehead atoms. The summed E-state index contributed by atoms with van der Waals surface area (Å²) in [6.45, 7) is 6.42. The highest BCUT2D eigenvalue weighted by atomic mass is 16.5. The Morgan fingerprint density at radius 1 is 0.450 bits per heavy atom. The van der Waals surface area contributed by atoms with Gasteiger partial charge in [-0.3, -0.25) is 4.79 Å². The number of hydrogen-bond acceptors (Lipinski definition) is 8. The van der Waals surface area contributed by atoms with E-state index in [-0.39, 0.29) is 29.1 Å².